The molecule has 3 aromatic rings. The molecule has 6 heteroatoms. The van der Waals surface area contributed by atoms with Crippen molar-refractivity contribution in [2.75, 3.05) is 0 Å². The van der Waals surface area contributed by atoms with Crippen LogP contribution in [0.2, 0.25) is 5.02 Å². The van der Waals surface area contributed by atoms with E-state index < -0.39 is 0 Å². The summed E-state index contributed by atoms with van der Waals surface area (Å²) in [5.41, 5.74) is 2.36. The van der Waals surface area contributed by atoms with Gasteiger partial charge in [-0.05, 0) is 36.8 Å². The number of hydrogen-bond donors (Lipinski definition) is 2. The molecule has 0 saturated heterocycles. The number of amides is 1. The van der Waals surface area contributed by atoms with Crippen LogP contribution in [0.15, 0.2) is 55.0 Å². The van der Waals surface area contributed by atoms with Gasteiger partial charge in [0.1, 0.15) is 5.69 Å². The summed E-state index contributed by atoms with van der Waals surface area (Å²) >= 11 is 5.88. The molecule has 1 aromatic carbocycles. The van der Waals surface area contributed by atoms with E-state index >= 15 is 0 Å². The normalized spacial score (nSPS) is 12.1. The van der Waals surface area contributed by atoms with Crippen LogP contribution in [-0.4, -0.2) is 20.7 Å². The highest BCUT2D eigenvalue weighted by atomic mass is 35.5. The maximum atomic E-state index is 12.1. The number of benzene rings is 1. The van der Waals surface area contributed by atoms with E-state index in [1.54, 1.807) is 0 Å². The quantitative estimate of drug-likeness (QED) is 0.775. The highest BCUT2D eigenvalue weighted by Gasteiger charge is 2.15. The highest BCUT2D eigenvalue weighted by Crippen LogP contribution is 2.18. The van der Waals surface area contributed by atoms with Crippen LogP contribution in [0.3, 0.4) is 0 Å². The molecular weight excluding hydrogens is 300 g/mol. The Hall–Kier alpha value is -2.53. The van der Waals surface area contributed by atoms with Gasteiger partial charge in [0.25, 0.3) is 5.91 Å². The Balaban J connectivity index is 1.71. The molecule has 1 amide bonds. The smallest absolute Gasteiger partial charge is 0.271 e. The van der Waals surface area contributed by atoms with Crippen LogP contribution in [0.25, 0.3) is 5.69 Å². The van der Waals surface area contributed by atoms with Gasteiger partial charge in [-0.1, -0.05) is 23.7 Å². The summed E-state index contributed by atoms with van der Waals surface area (Å²) in [6.45, 7) is 1.92. The lowest BCUT2D eigenvalue weighted by atomic mass is 10.1. The summed E-state index contributed by atoms with van der Waals surface area (Å²) in [7, 11) is 0. The van der Waals surface area contributed by atoms with E-state index in [1.165, 1.54) is 6.20 Å². The van der Waals surface area contributed by atoms with Gasteiger partial charge < -0.3 is 9.88 Å². The number of H-pyrrole nitrogens is 1. The molecule has 0 aliphatic carbocycles. The first-order chi connectivity index (χ1) is 10.6. The summed E-state index contributed by atoms with van der Waals surface area (Å²) in [4.78, 5) is 12.1. The summed E-state index contributed by atoms with van der Waals surface area (Å²) in [5.74, 6) is -0.274. The minimum Gasteiger partial charge on any atom is -0.344 e. The van der Waals surface area contributed by atoms with Crippen LogP contribution in [-0.2, 0) is 0 Å². The Kier molecular flexibility index (Phi) is 3.98. The monoisotopic (exact) mass is 314 g/mol. The van der Waals surface area contributed by atoms with Gasteiger partial charge in [-0.3, -0.25) is 9.89 Å². The molecule has 0 aliphatic rings. The molecule has 0 saturated carbocycles. The molecule has 22 heavy (non-hydrogen) atoms. The third-order valence-electron chi connectivity index (χ3n) is 3.46. The predicted octanol–water partition coefficient (Wildman–Crippen LogP) is 3.34. The minimum absolute atomic E-state index is 0.134. The molecule has 5 nitrogen and oxygen atoms in total. The zero-order valence-electron chi connectivity index (χ0n) is 12.0. The van der Waals surface area contributed by atoms with Crippen molar-refractivity contribution in [3.63, 3.8) is 0 Å². The molecule has 1 atom stereocenters. The molecule has 112 valence electrons. The van der Waals surface area contributed by atoms with Crippen LogP contribution < -0.4 is 5.32 Å². The van der Waals surface area contributed by atoms with Crippen molar-refractivity contribution in [1.29, 1.82) is 0 Å². The second-order valence-corrected chi connectivity index (χ2v) is 5.38. The number of nitrogens with zero attached hydrogens (tertiary/aromatic N) is 2. The number of nitrogens with one attached hydrogen (secondary N) is 2. The lowest BCUT2D eigenvalue weighted by Gasteiger charge is -2.14. The number of halogens is 1. The van der Waals surface area contributed by atoms with Crippen LogP contribution >= 0.6 is 11.6 Å². The largest absolute Gasteiger partial charge is 0.344 e. The first kappa shape index (κ1) is 14.4. The fourth-order valence-corrected chi connectivity index (χ4v) is 2.40. The van der Waals surface area contributed by atoms with Crippen molar-refractivity contribution in [1.82, 2.24) is 20.1 Å². The fourth-order valence-electron chi connectivity index (χ4n) is 2.22. The van der Waals surface area contributed by atoms with E-state index in [0.717, 1.165) is 11.3 Å². The van der Waals surface area contributed by atoms with Gasteiger partial charge in [0.15, 0.2) is 0 Å². The van der Waals surface area contributed by atoms with Crippen molar-refractivity contribution in [3.05, 3.63) is 71.3 Å². The van der Waals surface area contributed by atoms with E-state index in [2.05, 4.69) is 15.5 Å². The number of carbonyl (C=O) groups is 1. The van der Waals surface area contributed by atoms with Gasteiger partial charge in [0, 0.05) is 18.1 Å². The lowest BCUT2D eigenvalue weighted by molar-refractivity contribution is 0.0935. The zero-order valence-corrected chi connectivity index (χ0v) is 12.7. The summed E-state index contributed by atoms with van der Waals surface area (Å²) < 4.78 is 2.03. The summed E-state index contributed by atoms with van der Waals surface area (Å²) in [6.07, 6.45) is 5.38. The van der Waals surface area contributed by atoms with Crippen molar-refractivity contribution < 1.29 is 4.79 Å². The maximum Gasteiger partial charge on any atom is 0.271 e. The fraction of sp³-hybridized carbons (Fsp3) is 0.125. The Labute approximate surface area is 132 Å². The average Bonchev–Trinajstić information content (AvgIpc) is 3.18. The summed E-state index contributed by atoms with van der Waals surface area (Å²) in [6, 6.07) is 11.8. The molecule has 1 unspecified atom stereocenters. The number of aromatic amines is 1. The van der Waals surface area contributed by atoms with Gasteiger partial charge in [-0.15, -0.1) is 0 Å². The number of hydrogen-bond acceptors (Lipinski definition) is 2. The van der Waals surface area contributed by atoms with E-state index in [-0.39, 0.29) is 17.6 Å². The molecule has 0 fully saturated rings. The Morgan fingerprint density at radius 2 is 1.95 bits per heavy atom. The maximum absolute atomic E-state index is 12.1. The van der Waals surface area contributed by atoms with Gasteiger partial charge in [0.05, 0.1) is 17.3 Å². The van der Waals surface area contributed by atoms with Gasteiger partial charge in [-0.2, -0.15) is 5.10 Å². The first-order valence-electron chi connectivity index (χ1n) is 6.88. The molecular formula is C16H15ClN4O. The second-order valence-electron chi connectivity index (χ2n) is 4.97. The molecule has 2 aromatic heterocycles. The number of carbonyl (C=O) groups excluding carboxylic acids is 1. The standard InChI is InChI=1S/C16H15ClN4O/c1-11(19-16(22)15-14(17)10-18-20-15)12-4-6-13(7-5-12)21-8-2-3-9-21/h2-11H,1H3,(H,18,20)(H,19,22). The van der Waals surface area contributed by atoms with Crippen LogP contribution in [0.4, 0.5) is 0 Å². The molecule has 2 N–H and O–H groups in total. The second kappa shape index (κ2) is 6.07. The SMILES string of the molecule is CC(NC(=O)c1[nH]ncc1Cl)c1ccc(-n2cccc2)cc1. The molecule has 0 radical (unpaired) electrons. The molecule has 2 heterocycles. The van der Waals surface area contributed by atoms with Crippen LogP contribution in [0.5, 0.6) is 0 Å². The zero-order chi connectivity index (χ0) is 15.5. The average molecular weight is 315 g/mol. The number of rotatable bonds is 4. The predicted molar refractivity (Wildman–Crippen MR) is 85.2 cm³/mol. The van der Waals surface area contributed by atoms with E-state index in [0.29, 0.717) is 5.02 Å². The number of aromatic nitrogens is 3. The Bertz CT molecular complexity index is 762. The van der Waals surface area contributed by atoms with Crippen molar-refractivity contribution in [2.45, 2.75) is 13.0 Å². The van der Waals surface area contributed by atoms with Crippen molar-refractivity contribution in [3.8, 4) is 5.69 Å². The highest BCUT2D eigenvalue weighted by molar-refractivity contribution is 6.33. The van der Waals surface area contributed by atoms with E-state index in [9.17, 15) is 4.79 Å². The van der Waals surface area contributed by atoms with Crippen molar-refractivity contribution in [2.24, 2.45) is 0 Å². The topological polar surface area (TPSA) is 62.7 Å². The van der Waals surface area contributed by atoms with E-state index in [4.69, 9.17) is 11.6 Å². The van der Waals surface area contributed by atoms with E-state index in [1.807, 2.05) is 60.3 Å². The third-order valence-corrected chi connectivity index (χ3v) is 3.75. The van der Waals surface area contributed by atoms with Gasteiger partial charge >= 0.3 is 0 Å². The summed E-state index contributed by atoms with van der Waals surface area (Å²) in [5, 5.41) is 9.54. The molecule has 0 aliphatic heterocycles. The first-order valence-corrected chi connectivity index (χ1v) is 7.26. The third kappa shape index (κ3) is 2.89. The van der Waals surface area contributed by atoms with Gasteiger partial charge in [0.2, 0.25) is 0 Å². The van der Waals surface area contributed by atoms with Crippen LogP contribution in [0, 0.1) is 0 Å². The lowest BCUT2D eigenvalue weighted by Crippen LogP contribution is -2.27. The Morgan fingerprint density at radius 1 is 1.27 bits per heavy atom. The molecule has 3 rings (SSSR count). The van der Waals surface area contributed by atoms with Crippen molar-refractivity contribution >= 4 is 17.5 Å². The van der Waals surface area contributed by atoms with Crippen LogP contribution in [0.1, 0.15) is 29.0 Å². The van der Waals surface area contributed by atoms with Gasteiger partial charge in [-0.25, -0.2) is 0 Å². The molecule has 0 spiro atoms. The molecule has 0 bridgehead atoms. The minimum atomic E-state index is -0.274. The Morgan fingerprint density at radius 3 is 2.55 bits per heavy atom.